The summed E-state index contributed by atoms with van der Waals surface area (Å²) >= 11 is 0. The van der Waals surface area contributed by atoms with E-state index in [2.05, 4.69) is 16.0 Å². The number of carbonyl (C=O) groups excluding carboxylic acids is 3. The van der Waals surface area contributed by atoms with Crippen molar-refractivity contribution in [3.05, 3.63) is 59.2 Å². The van der Waals surface area contributed by atoms with Crippen molar-refractivity contribution < 1.29 is 37.7 Å². The number of phenolic OH excluding ortho intramolecular Hbond substituents is 1. The first-order valence-corrected chi connectivity index (χ1v) is 16.1. The second kappa shape index (κ2) is 18.4. The number of aryl methyl sites for hydroxylation is 1. The van der Waals surface area contributed by atoms with E-state index in [1.54, 1.807) is 32.9 Å². The van der Waals surface area contributed by atoms with Crippen molar-refractivity contribution in [1.29, 1.82) is 0 Å². The van der Waals surface area contributed by atoms with Gasteiger partial charge in [0.15, 0.2) is 23.1 Å². The SMILES string of the molecule is CCCOc1c(F)cccc1CCCNC(=O)[C@H](CN1CCOCC1)NC(=O)[C@H](NC(=O)[C@H](C)Cc1ccc(O)c(F)c1)C(C)C. The number of aromatic hydroxyl groups is 1. The van der Waals surface area contributed by atoms with Crippen LogP contribution in [0.3, 0.4) is 0 Å². The topological polar surface area (TPSA) is 129 Å². The van der Waals surface area contributed by atoms with Crippen molar-refractivity contribution in [3.63, 3.8) is 0 Å². The van der Waals surface area contributed by atoms with Crippen LogP contribution in [0.4, 0.5) is 8.78 Å². The minimum Gasteiger partial charge on any atom is -0.505 e. The van der Waals surface area contributed by atoms with Crippen LogP contribution in [0, 0.1) is 23.5 Å². The van der Waals surface area contributed by atoms with Crippen LogP contribution in [-0.2, 0) is 32.0 Å². The molecule has 0 aliphatic carbocycles. The summed E-state index contributed by atoms with van der Waals surface area (Å²) in [4.78, 5) is 42.1. The van der Waals surface area contributed by atoms with Crippen LogP contribution in [0.5, 0.6) is 11.5 Å². The van der Waals surface area contributed by atoms with Gasteiger partial charge in [0.2, 0.25) is 17.7 Å². The molecule has 10 nitrogen and oxygen atoms in total. The molecular weight excluding hydrogens is 598 g/mol. The lowest BCUT2D eigenvalue weighted by atomic mass is 9.97. The average molecular weight is 647 g/mol. The highest BCUT2D eigenvalue weighted by atomic mass is 19.1. The fourth-order valence-electron chi connectivity index (χ4n) is 5.18. The Kier molecular flexibility index (Phi) is 14.7. The van der Waals surface area contributed by atoms with Gasteiger partial charge in [0.05, 0.1) is 19.8 Å². The highest BCUT2D eigenvalue weighted by Gasteiger charge is 2.31. The molecular formula is C34H48F2N4O6. The molecule has 254 valence electrons. The summed E-state index contributed by atoms with van der Waals surface area (Å²) in [6.07, 6.45) is 1.98. The molecule has 1 fully saturated rings. The van der Waals surface area contributed by atoms with Gasteiger partial charge in [-0.05, 0) is 60.9 Å². The minimum absolute atomic E-state index is 0.208. The highest BCUT2D eigenvalue weighted by molar-refractivity contribution is 5.92. The largest absolute Gasteiger partial charge is 0.505 e. The van der Waals surface area contributed by atoms with Gasteiger partial charge in [0, 0.05) is 32.1 Å². The van der Waals surface area contributed by atoms with E-state index in [9.17, 15) is 28.3 Å². The van der Waals surface area contributed by atoms with Gasteiger partial charge >= 0.3 is 0 Å². The fraction of sp³-hybridized carbons (Fsp3) is 0.559. The van der Waals surface area contributed by atoms with E-state index < -0.39 is 47.2 Å². The molecule has 2 aromatic rings. The maximum absolute atomic E-state index is 14.3. The average Bonchev–Trinajstić information content (AvgIpc) is 3.03. The van der Waals surface area contributed by atoms with Crippen LogP contribution < -0.4 is 20.7 Å². The number of nitrogens with one attached hydrogen (secondary N) is 3. The first-order valence-electron chi connectivity index (χ1n) is 16.1. The fourth-order valence-corrected chi connectivity index (χ4v) is 5.18. The molecule has 0 spiro atoms. The number of carbonyl (C=O) groups is 3. The van der Waals surface area contributed by atoms with Crippen LogP contribution >= 0.6 is 0 Å². The van der Waals surface area contributed by atoms with E-state index in [0.717, 1.165) is 12.0 Å². The number of phenols is 1. The Morgan fingerprint density at radius 2 is 1.74 bits per heavy atom. The van der Waals surface area contributed by atoms with E-state index in [1.807, 2.05) is 17.9 Å². The van der Waals surface area contributed by atoms with Crippen molar-refractivity contribution in [2.24, 2.45) is 11.8 Å². The molecule has 0 bridgehead atoms. The number of amides is 3. The van der Waals surface area contributed by atoms with Crippen molar-refractivity contribution in [1.82, 2.24) is 20.9 Å². The molecule has 3 rings (SSSR count). The summed E-state index contributed by atoms with van der Waals surface area (Å²) in [5.41, 5.74) is 1.26. The Hall–Kier alpha value is -3.77. The molecule has 0 saturated carbocycles. The highest BCUT2D eigenvalue weighted by Crippen LogP contribution is 2.24. The van der Waals surface area contributed by atoms with Crippen LogP contribution in [0.1, 0.15) is 51.7 Å². The molecule has 12 heteroatoms. The molecule has 46 heavy (non-hydrogen) atoms. The number of morpholine rings is 1. The summed E-state index contributed by atoms with van der Waals surface area (Å²) in [5.74, 6) is -3.54. The first-order chi connectivity index (χ1) is 22.0. The summed E-state index contributed by atoms with van der Waals surface area (Å²) in [7, 11) is 0. The van der Waals surface area contributed by atoms with Gasteiger partial charge in [-0.1, -0.05) is 45.9 Å². The summed E-state index contributed by atoms with van der Waals surface area (Å²) in [6, 6.07) is 6.95. The van der Waals surface area contributed by atoms with Crippen LogP contribution in [-0.4, -0.2) is 85.8 Å². The zero-order valence-electron chi connectivity index (χ0n) is 27.2. The molecule has 0 aromatic heterocycles. The van der Waals surface area contributed by atoms with Gasteiger partial charge < -0.3 is 30.5 Å². The van der Waals surface area contributed by atoms with Crippen molar-refractivity contribution in [3.8, 4) is 11.5 Å². The lowest BCUT2D eigenvalue weighted by Gasteiger charge is -2.31. The van der Waals surface area contributed by atoms with Crippen LogP contribution in [0.2, 0.25) is 0 Å². The predicted molar refractivity (Wildman–Crippen MR) is 170 cm³/mol. The molecule has 1 saturated heterocycles. The van der Waals surface area contributed by atoms with Crippen molar-refractivity contribution in [2.45, 2.75) is 65.5 Å². The van der Waals surface area contributed by atoms with E-state index in [0.29, 0.717) is 57.9 Å². The number of benzene rings is 2. The summed E-state index contributed by atoms with van der Waals surface area (Å²) < 4.78 is 39.2. The van der Waals surface area contributed by atoms with Crippen LogP contribution in [0.15, 0.2) is 36.4 Å². The minimum atomic E-state index is -0.916. The van der Waals surface area contributed by atoms with Crippen LogP contribution in [0.25, 0.3) is 0 Å². The number of para-hydroxylation sites is 1. The smallest absolute Gasteiger partial charge is 0.243 e. The molecule has 0 radical (unpaired) electrons. The third-order valence-corrected chi connectivity index (χ3v) is 7.85. The second-order valence-electron chi connectivity index (χ2n) is 12.1. The molecule has 3 atom stereocenters. The van der Waals surface area contributed by atoms with Gasteiger partial charge in [0.1, 0.15) is 12.1 Å². The molecule has 1 aliphatic heterocycles. The Bertz CT molecular complexity index is 1300. The number of hydrogen-bond acceptors (Lipinski definition) is 7. The van der Waals surface area contributed by atoms with Gasteiger partial charge in [-0.3, -0.25) is 19.3 Å². The summed E-state index contributed by atoms with van der Waals surface area (Å²) in [6.45, 7) is 10.5. The van der Waals surface area contributed by atoms with E-state index >= 15 is 0 Å². The molecule has 1 heterocycles. The van der Waals surface area contributed by atoms with E-state index in [4.69, 9.17) is 9.47 Å². The first kappa shape index (κ1) is 36.7. The number of nitrogens with zero attached hydrogens (tertiary/aromatic N) is 1. The van der Waals surface area contributed by atoms with Crippen molar-refractivity contribution >= 4 is 17.7 Å². The third kappa shape index (κ3) is 11.2. The Morgan fingerprint density at radius 3 is 2.41 bits per heavy atom. The van der Waals surface area contributed by atoms with Gasteiger partial charge in [-0.2, -0.15) is 0 Å². The Balaban J connectivity index is 1.62. The standard InChI is InChI=1S/C34H48F2N4O6/c1-5-16-46-31-25(8-6-10-26(31)35)9-7-13-37-33(43)28(21-40-14-17-45-18-15-40)38-34(44)30(22(2)3)39-32(42)23(4)19-24-11-12-29(41)27(36)20-24/h6,8,10-12,20,22-23,28,30,41H,5,7,9,13-19,21H2,1-4H3,(H,37,43)(H,38,44)(H,39,42)/t23-,28+,30-/m1/s1. The monoisotopic (exact) mass is 646 g/mol. The predicted octanol–water partition coefficient (Wildman–Crippen LogP) is 3.34. The van der Waals surface area contributed by atoms with E-state index in [1.165, 1.54) is 18.2 Å². The maximum atomic E-state index is 14.3. The zero-order chi connectivity index (χ0) is 33.6. The number of ether oxygens (including phenoxy) is 2. The zero-order valence-corrected chi connectivity index (χ0v) is 27.2. The lowest BCUT2D eigenvalue weighted by molar-refractivity contribution is -0.134. The van der Waals surface area contributed by atoms with Gasteiger partial charge in [-0.15, -0.1) is 0 Å². The number of rotatable bonds is 17. The Morgan fingerprint density at radius 1 is 1.00 bits per heavy atom. The molecule has 0 unspecified atom stereocenters. The third-order valence-electron chi connectivity index (χ3n) is 7.85. The number of halogens is 2. The molecule has 1 aliphatic rings. The normalized spacial score (nSPS) is 15.5. The van der Waals surface area contributed by atoms with Crippen molar-refractivity contribution in [2.75, 3.05) is 46.0 Å². The lowest BCUT2D eigenvalue weighted by Crippen LogP contribution is -2.59. The maximum Gasteiger partial charge on any atom is 0.243 e. The Labute approximate surface area is 270 Å². The van der Waals surface area contributed by atoms with E-state index in [-0.39, 0.29) is 30.5 Å². The second-order valence-corrected chi connectivity index (χ2v) is 12.1. The molecule has 3 amide bonds. The van der Waals surface area contributed by atoms with Gasteiger partial charge in [-0.25, -0.2) is 8.78 Å². The quantitative estimate of drug-likeness (QED) is 0.194. The molecule has 4 N–H and O–H groups in total. The molecule has 2 aromatic carbocycles. The van der Waals surface area contributed by atoms with Gasteiger partial charge in [0.25, 0.3) is 0 Å². The summed E-state index contributed by atoms with van der Waals surface area (Å²) in [5, 5.41) is 18.0. The number of hydrogen-bond donors (Lipinski definition) is 4.